The highest BCUT2D eigenvalue weighted by molar-refractivity contribution is 6.00. The van der Waals surface area contributed by atoms with Crippen LogP contribution in [-0.2, 0) is 16.1 Å². The van der Waals surface area contributed by atoms with Gasteiger partial charge in [-0.1, -0.05) is 18.2 Å². The van der Waals surface area contributed by atoms with Crippen LogP contribution in [-0.4, -0.2) is 32.1 Å². The molecule has 2 aromatic rings. The summed E-state index contributed by atoms with van der Waals surface area (Å²) in [5.74, 6) is -0.119. The number of halogens is 2. The van der Waals surface area contributed by atoms with E-state index in [-0.39, 0.29) is 30.5 Å². The van der Waals surface area contributed by atoms with Gasteiger partial charge in [-0.2, -0.15) is 8.78 Å². The van der Waals surface area contributed by atoms with E-state index in [9.17, 15) is 18.4 Å². The maximum atomic E-state index is 12.4. The number of nitrogens with zero attached hydrogens (tertiary/aromatic N) is 1. The predicted octanol–water partition coefficient (Wildman–Crippen LogP) is 2.97. The number of methoxy groups -OCH3 is 1. The monoisotopic (exact) mass is 390 g/mol. The van der Waals surface area contributed by atoms with Gasteiger partial charge in [-0.15, -0.1) is 0 Å². The smallest absolute Gasteiger partial charge is 0.387 e. The van der Waals surface area contributed by atoms with Crippen molar-refractivity contribution in [3.05, 3.63) is 54.1 Å². The Bertz CT molecular complexity index is 842. The van der Waals surface area contributed by atoms with Crippen LogP contribution >= 0.6 is 0 Å². The number of anilines is 1. The fourth-order valence-electron chi connectivity index (χ4n) is 3.03. The third-order valence-electron chi connectivity index (χ3n) is 4.48. The van der Waals surface area contributed by atoms with E-state index in [1.807, 2.05) is 0 Å². The zero-order chi connectivity index (χ0) is 20.1. The molecule has 1 aliphatic rings. The first-order valence-electron chi connectivity index (χ1n) is 8.72. The van der Waals surface area contributed by atoms with Crippen LogP contribution in [0.2, 0.25) is 0 Å². The maximum Gasteiger partial charge on any atom is 0.387 e. The van der Waals surface area contributed by atoms with Crippen LogP contribution in [0.4, 0.5) is 14.5 Å². The molecule has 0 saturated carbocycles. The highest BCUT2D eigenvalue weighted by Crippen LogP contribution is 2.28. The minimum Gasteiger partial charge on any atom is -0.497 e. The van der Waals surface area contributed by atoms with Gasteiger partial charge in [-0.05, 0) is 29.8 Å². The Morgan fingerprint density at radius 3 is 2.64 bits per heavy atom. The third-order valence-corrected chi connectivity index (χ3v) is 4.48. The van der Waals surface area contributed by atoms with Crippen molar-refractivity contribution < 1.29 is 27.8 Å². The number of hydrogen-bond donors (Lipinski definition) is 1. The normalized spacial score (nSPS) is 16.4. The molecule has 148 valence electrons. The van der Waals surface area contributed by atoms with Gasteiger partial charge in [0.05, 0.1) is 13.0 Å². The van der Waals surface area contributed by atoms with Crippen molar-refractivity contribution in [3.8, 4) is 11.5 Å². The summed E-state index contributed by atoms with van der Waals surface area (Å²) in [4.78, 5) is 26.3. The van der Waals surface area contributed by atoms with Gasteiger partial charge in [0.25, 0.3) is 0 Å². The van der Waals surface area contributed by atoms with Gasteiger partial charge >= 0.3 is 6.61 Å². The quantitative estimate of drug-likeness (QED) is 0.789. The molecule has 0 bridgehead atoms. The van der Waals surface area contributed by atoms with Crippen LogP contribution in [0.1, 0.15) is 12.0 Å². The van der Waals surface area contributed by atoms with E-state index in [1.165, 1.54) is 12.1 Å². The molecule has 1 atom stereocenters. The Hall–Kier alpha value is -3.16. The molecular weight excluding hydrogens is 370 g/mol. The molecule has 2 aromatic carbocycles. The van der Waals surface area contributed by atoms with Crippen molar-refractivity contribution in [2.75, 3.05) is 18.6 Å². The van der Waals surface area contributed by atoms with Crippen molar-refractivity contribution >= 4 is 17.5 Å². The van der Waals surface area contributed by atoms with Gasteiger partial charge < -0.3 is 19.7 Å². The molecule has 0 radical (unpaired) electrons. The second-order valence-corrected chi connectivity index (χ2v) is 6.35. The number of nitrogens with one attached hydrogen (secondary N) is 1. The van der Waals surface area contributed by atoms with Crippen molar-refractivity contribution in [1.82, 2.24) is 5.32 Å². The number of amides is 2. The number of hydrogen-bond acceptors (Lipinski definition) is 4. The highest BCUT2D eigenvalue weighted by atomic mass is 19.3. The zero-order valence-corrected chi connectivity index (χ0v) is 15.2. The first kappa shape index (κ1) is 19.6. The molecule has 0 spiro atoms. The van der Waals surface area contributed by atoms with Gasteiger partial charge in [0.2, 0.25) is 11.8 Å². The van der Waals surface area contributed by atoms with Crippen molar-refractivity contribution in [2.45, 2.75) is 19.6 Å². The summed E-state index contributed by atoms with van der Waals surface area (Å²) < 4.78 is 33.8. The lowest BCUT2D eigenvalue weighted by Gasteiger charge is -2.17. The lowest BCUT2D eigenvalue weighted by Crippen LogP contribution is -2.32. The standard InChI is InChI=1S/C20H20F2N2O4/c1-27-17-4-2-3-15(10-17)24-12-14(9-18(24)25)19(26)23-11-13-5-7-16(8-6-13)28-20(21)22/h2-8,10,14,20H,9,11-12H2,1H3,(H,23,26). The number of benzene rings is 2. The van der Waals surface area contributed by atoms with E-state index in [0.717, 1.165) is 5.56 Å². The van der Waals surface area contributed by atoms with Gasteiger partial charge in [-0.25, -0.2) is 0 Å². The Kier molecular flexibility index (Phi) is 6.08. The van der Waals surface area contributed by atoms with Gasteiger partial charge in [0.15, 0.2) is 0 Å². The molecule has 1 unspecified atom stereocenters. The van der Waals surface area contributed by atoms with Crippen LogP contribution < -0.4 is 19.7 Å². The molecule has 28 heavy (non-hydrogen) atoms. The lowest BCUT2D eigenvalue weighted by molar-refractivity contribution is -0.126. The molecule has 1 N–H and O–H groups in total. The number of rotatable bonds is 7. The van der Waals surface area contributed by atoms with E-state index in [0.29, 0.717) is 18.0 Å². The SMILES string of the molecule is COc1cccc(N2CC(C(=O)NCc3ccc(OC(F)F)cc3)CC2=O)c1. The summed E-state index contributed by atoms with van der Waals surface area (Å²) in [5.41, 5.74) is 1.43. The molecule has 3 rings (SSSR count). The minimum atomic E-state index is -2.88. The number of alkyl halides is 2. The number of carbonyl (C=O) groups excluding carboxylic acids is 2. The molecular formula is C20H20F2N2O4. The van der Waals surface area contributed by atoms with Gasteiger partial charge in [-0.3, -0.25) is 9.59 Å². The van der Waals surface area contributed by atoms with E-state index in [4.69, 9.17) is 4.74 Å². The Labute approximate surface area is 161 Å². The van der Waals surface area contributed by atoms with E-state index >= 15 is 0 Å². The van der Waals surface area contributed by atoms with E-state index < -0.39 is 12.5 Å². The minimum absolute atomic E-state index is 0.0559. The van der Waals surface area contributed by atoms with Crippen LogP contribution in [0.3, 0.4) is 0 Å². The molecule has 0 aliphatic carbocycles. The van der Waals surface area contributed by atoms with Crippen LogP contribution in [0, 0.1) is 5.92 Å². The number of carbonyl (C=O) groups is 2. The largest absolute Gasteiger partial charge is 0.497 e. The molecule has 8 heteroatoms. The van der Waals surface area contributed by atoms with Crippen LogP contribution in [0.15, 0.2) is 48.5 Å². The molecule has 0 aromatic heterocycles. The first-order valence-corrected chi connectivity index (χ1v) is 8.72. The third kappa shape index (κ3) is 4.76. The molecule has 6 nitrogen and oxygen atoms in total. The highest BCUT2D eigenvalue weighted by Gasteiger charge is 2.35. The second-order valence-electron chi connectivity index (χ2n) is 6.35. The summed E-state index contributed by atoms with van der Waals surface area (Å²) in [6, 6.07) is 13.1. The van der Waals surface area contributed by atoms with E-state index in [2.05, 4.69) is 10.1 Å². The fourth-order valence-corrected chi connectivity index (χ4v) is 3.03. The first-order chi connectivity index (χ1) is 13.5. The Balaban J connectivity index is 1.55. The predicted molar refractivity (Wildman–Crippen MR) is 98.4 cm³/mol. The van der Waals surface area contributed by atoms with Crippen LogP contribution in [0.25, 0.3) is 0 Å². The summed E-state index contributed by atoms with van der Waals surface area (Å²) in [7, 11) is 1.55. The summed E-state index contributed by atoms with van der Waals surface area (Å²) >= 11 is 0. The molecule has 1 fully saturated rings. The maximum absolute atomic E-state index is 12.4. The summed E-state index contributed by atoms with van der Waals surface area (Å²) in [5, 5.41) is 2.78. The van der Waals surface area contributed by atoms with Crippen molar-refractivity contribution in [2.24, 2.45) is 5.92 Å². The number of ether oxygens (including phenoxy) is 2. The van der Waals surface area contributed by atoms with Gasteiger partial charge in [0.1, 0.15) is 11.5 Å². The molecule has 1 saturated heterocycles. The fraction of sp³-hybridized carbons (Fsp3) is 0.300. The topological polar surface area (TPSA) is 67.9 Å². The molecule has 1 aliphatic heterocycles. The average molecular weight is 390 g/mol. The summed E-state index contributed by atoms with van der Waals surface area (Å²) in [6.45, 7) is -2.35. The van der Waals surface area contributed by atoms with Crippen molar-refractivity contribution in [1.29, 1.82) is 0 Å². The Morgan fingerprint density at radius 1 is 1.21 bits per heavy atom. The molecule has 1 heterocycles. The van der Waals surface area contributed by atoms with Crippen molar-refractivity contribution in [3.63, 3.8) is 0 Å². The second kappa shape index (κ2) is 8.69. The summed E-state index contributed by atoms with van der Waals surface area (Å²) in [6.07, 6.45) is 0.129. The van der Waals surface area contributed by atoms with E-state index in [1.54, 1.807) is 48.4 Å². The Morgan fingerprint density at radius 2 is 1.96 bits per heavy atom. The molecule has 2 amide bonds. The average Bonchev–Trinajstić information content (AvgIpc) is 3.08. The van der Waals surface area contributed by atoms with Gasteiger partial charge in [0, 0.05) is 31.3 Å². The van der Waals surface area contributed by atoms with Crippen LogP contribution in [0.5, 0.6) is 11.5 Å². The zero-order valence-electron chi connectivity index (χ0n) is 15.2. The lowest BCUT2D eigenvalue weighted by atomic mass is 10.1.